The minimum absolute atomic E-state index is 0.0301. The number of fused-ring (bicyclic) bond motifs is 5. The van der Waals surface area contributed by atoms with Crippen LogP contribution in [0.25, 0.3) is 0 Å². The standard InChI is InChI=1S/C17H19NO4/c19-16(7-10-3-1-2-4-11(10)17(20)21)18-8-12-13(9-18)15-6-5-14(12)22-15/h1-4,12-15H,5-9H2,(H,20,21). The second kappa shape index (κ2) is 5.09. The summed E-state index contributed by atoms with van der Waals surface area (Å²) in [5.41, 5.74) is 0.815. The summed E-state index contributed by atoms with van der Waals surface area (Å²) in [6, 6.07) is 6.75. The van der Waals surface area contributed by atoms with Crippen molar-refractivity contribution in [3.05, 3.63) is 35.4 Å². The summed E-state index contributed by atoms with van der Waals surface area (Å²) >= 11 is 0. The Morgan fingerprint density at radius 2 is 1.77 bits per heavy atom. The molecule has 4 atom stereocenters. The van der Waals surface area contributed by atoms with Gasteiger partial charge in [0.25, 0.3) is 0 Å². The third-order valence-corrected chi connectivity index (χ3v) is 5.39. The molecule has 22 heavy (non-hydrogen) atoms. The summed E-state index contributed by atoms with van der Waals surface area (Å²) in [5, 5.41) is 9.21. The van der Waals surface area contributed by atoms with Crippen LogP contribution in [0.1, 0.15) is 28.8 Å². The highest BCUT2D eigenvalue weighted by atomic mass is 16.5. The fourth-order valence-electron chi connectivity index (χ4n) is 4.32. The molecule has 4 unspecified atom stereocenters. The number of carboxylic acid groups (broad SMARTS) is 1. The molecule has 3 heterocycles. The second-order valence-corrected chi connectivity index (χ2v) is 6.56. The molecule has 4 rings (SSSR count). The van der Waals surface area contributed by atoms with Crippen LogP contribution in [0.3, 0.4) is 0 Å². The fourth-order valence-corrected chi connectivity index (χ4v) is 4.32. The fraction of sp³-hybridized carbons (Fsp3) is 0.529. The van der Waals surface area contributed by atoms with Crippen molar-refractivity contribution in [1.82, 2.24) is 4.90 Å². The van der Waals surface area contributed by atoms with Gasteiger partial charge < -0.3 is 14.7 Å². The molecule has 0 aromatic heterocycles. The van der Waals surface area contributed by atoms with E-state index in [0.717, 1.165) is 25.9 Å². The van der Waals surface area contributed by atoms with E-state index in [0.29, 0.717) is 29.6 Å². The van der Waals surface area contributed by atoms with Crippen molar-refractivity contribution in [1.29, 1.82) is 0 Å². The van der Waals surface area contributed by atoms with Gasteiger partial charge >= 0.3 is 5.97 Å². The number of aromatic carboxylic acids is 1. The molecule has 1 amide bonds. The summed E-state index contributed by atoms with van der Waals surface area (Å²) in [6.07, 6.45) is 3.07. The largest absolute Gasteiger partial charge is 0.478 e. The number of amides is 1. The monoisotopic (exact) mass is 301 g/mol. The SMILES string of the molecule is O=C(O)c1ccccc1CC(=O)N1CC2C3CCC(O3)C2C1. The molecule has 1 aromatic carbocycles. The van der Waals surface area contributed by atoms with Crippen molar-refractivity contribution in [3.8, 4) is 0 Å². The predicted molar refractivity (Wildman–Crippen MR) is 78.6 cm³/mol. The number of carboxylic acids is 1. The van der Waals surface area contributed by atoms with Gasteiger partial charge in [-0.15, -0.1) is 0 Å². The number of rotatable bonds is 3. The number of hydrogen-bond acceptors (Lipinski definition) is 3. The summed E-state index contributed by atoms with van der Waals surface area (Å²) < 4.78 is 5.92. The maximum absolute atomic E-state index is 12.5. The number of carbonyl (C=O) groups is 2. The Morgan fingerprint density at radius 3 is 2.41 bits per heavy atom. The van der Waals surface area contributed by atoms with Crippen molar-refractivity contribution in [2.75, 3.05) is 13.1 Å². The number of carbonyl (C=O) groups excluding carboxylic acids is 1. The van der Waals surface area contributed by atoms with Crippen LogP contribution >= 0.6 is 0 Å². The van der Waals surface area contributed by atoms with Gasteiger partial charge in [0.2, 0.25) is 5.91 Å². The number of hydrogen-bond donors (Lipinski definition) is 1. The zero-order chi connectivity index (χ0) is 15.3. The maximum atomic E-state index is 12.5. The molecule has 3 fully saturated rings. The zero-order valence-corrected chi connectivity index (χ0v) is 12.3. The van der Waals surface area contributed by atoms with Crippen LogP contribution in [0.2, 0.25) is 0 Å². The van der Waals surface area contributed by atoms with Crippen LogP contribution < -0.4 is 0 Å². The minimum Gasteiger partial charge on any atom is -0.478 e. The molecule has 1 N–H and O–H groups in total. The first-order valence-corrected chi connectivity index (χ1v) is 7.88. The molecule has 0 saturated carbocycles. The normalized spacial score (nSPS) is 32.3. The number of ether oxygens (including phenoxy) is 1. The van der Waals surface area contributed by atoms with Crippen molar-refractivity contribution >= 4 is 11.9 Å². The lowest BCUT2D eigenvalue weighted by molar-refractivity contribution is -0.130. The van der Waals surface area contributed by atoms with Gasteiger partial charge in [-0.3, -0.25) is 4.79 Å². The molecule has 0 spiro atoms. The zero-order valence-electron chi connectivity index (χ0n) is 12.3. The molecule has 5 heteroatoms. The van der Waals surface area contributed by atoms with E-state index in [1.807, 2.05) is 4.90 Å². The Hall–Kier alpha value is -1.88. The molecular weight excluding hydrogens is 282 g/mol. The van der Waals surface area contributed by atoms with Crippen LogP contribution in [0.15, 0.2) is 24.3 Å². The number of nitrogens with zero attached hydrogens (tertiary/aromatic N) is 1. The first-order valence-electron chi connectivity index (χ1n) is 7.88. The molecule has 3 aliphatic rings. The number of benzene rings is 1. The van der Waals surface area contributed by atoms with Gasteiger partial charge in [-0.1, -0.05) is 18.2 Å². The van der Waals surface area contributed by atoms with Gasteiger partial charge in [0.05, 0.1) is 24.2 Å². The first-order chi connectivity index (χ1) is 10.6. The first kappa shape index (κ1) is 13.8. The van der Waals surface area contributed by atoms with E-state index in [1.54, 1.807) is 24.3 Å². The highest BCUT2D eigenvalue weighted by Crippen LogP contribution is 2.47. The highest BCUT2D eigenvalue weighted by molar-refractivity contribution is 5.91. The van der Waals surface area contributed by atoms with Crippen LogP contribution in [-0.2, 0) is 16.0 Å². The van der Waals surface area contributed by atoms with Crippen LogP contribution in [0.4, 0.5) is 0 Å². The molecule has 5 nitrogen and oxygen atoms in total. The summed E-state index contributed by atoms with van der Waals surface area (Å²) in [6.45, 7) is 1.53. The smallest absolute Gasteiger partial charge is 0.335 e. The number of likely N-dealkylation sites (tertiary alicyclic amines) is 1. The lowest BCUT2D eigenvalue weighted by Crippen LogP contribution is -2.33. The van der Waals surface area contributed by atoms with Gasteiger partial charge in [0.15, 0.2) is 0 Å². The van der Waals surface area contributed by atoms with Gasteiger partial charge in [0.1, 0.15) is 0 Å². The highest BCUT2D eigenvalue weighted by Gasteiger charge is 2.53. The molecule has 116 valence electrons. The third kappa shape index (κ3) is 2.11. The predicted octanol–water partition coefficient (Wildman–Crippen LogP) is 1.56. The molecule has 0 aliphatic carbocycles. The summed E-state index contributed by atoms with van der Waals surface area (Å²) in [5.74, 6) is 0.0190. The van der Waals surface area contributed by atoms with E-state index in [9.17, 15) is 14.7 Å². The minimum atomic E-state index is -0.979. The van der Waals surface area contributed by atoms with E-state index in [2.05, 4.69) is 0 Å². The van der Waals surface area contributed by atoms with Gasteiger partial charge in [-0.05, 0) is 24.5 Å². The topological polar surface area (TPSA) is 66.8 Å². The average Bonchev–Trinajstić information content (AvgIpc) is 3.20. The van der Waals surface area contributed by atoms with Gasteiger partial charge in [-0.25, -0.2) is 4.79 Å². The van der Waals surface area contributed by atoms with Gasteiger partial charge in [-0.2, -0.15) is 0 Å². The Bertz CT molecular complexity index is 611. The molecule has 1 aromatic rings. The Kier molecular flexibility index (Phi) is 3.18. The van der Waals surface area contributed by atoms with Crippen molar-refractivity contribution in [2.45, 2.75) is 31.5 Å². The lowest BCUT2D eigenvalue weighted by atomic mass is 9.82. The van der Waals surface area contributed by atoms with Crippen LogP contribution in [0, 0.1) is 11.8 Å². The summed E-state index contributed by atoms with van der Waals surface area (Å²) in [4.78, 5) is 25.7. The summed E-state index contributed by atoms with van der Waals surface area (Å²) in [7, 11) is 0. The average molecular weight is 301 g/mol. The molecule has 3 aliphatic heterocycles. The Balaban J connectivity index is 1.47. The van der Waals surface area contributed by atoms with Crippen LogP contribution in [-0.4, -0.2) is 47.2 Å². The van der Waals surface area contributed by atoms with E-state index in [-0.39, 0.29) is 17.9 Å². The van der Waals surface area contributed by atoms with E-state index in [1.165, 1.54) is 0 Å². The Labute approximate surface area is 128 Å². The maximum Gasteiger partial charge on any atom is 0.335 e. The molecule has 3 saturated heterocycles. The van der Waals surface area contributed by atoms with Crippen molar-refractivity contribution in [3.63, 3.8) is 0 Å². The van der Waals surface area contributed by atoms with E-state index >= 15 is 0 Å². The van der Waals surface area contributed by atoms with Crippen LogP contribution in [0.5, 0.6) is 0 Å². The lowest BCUT2D eigenvalue weighted by Gasteiger charge is -2.19. The Morgan fingerprint density at radius 1 is 1.14 bits per heavy atom. The molecular formula is C17H19NO4. The second-order valence-electron chi connectivity index (χ2n) is 6.56. The van der Waals surface area contributed by atoms with E-state index in [4.69, 9.17) is 4.74 Å². The molecule has 2 bridgehead atoms. The van der Waals surface area contributed by atoms with Crippen molar-refractivity contribution in [2.24, 2.45) is 11.8 Å². The van der Waals surface area contributed by atoms with Crippen molar-refractivity contribution < 1.29 is 19.4 Å². The molecule has 0 radical (unpaired) electrons. The quantitative estimate of drug-likeness (QED) is 0.920. The van der Waals surface area contributed by atoms with Gasteiger partial charge in [0, 0.05) is 24.9 Å². The van der Waals surface area contributed by atoms with E-state index < -0.39 is 5.97 Å². The third-order valence-electron chi connectivity index (χ3n) is 5.39.